The SMILES string of the molecule is O=C(O)c1c(Br)noc1C(F)(F)F. The van der Waals surface area contributed by atoms with Crippen molar-refractivity contribution in [3.8, 4) is 0 Å². The first-order chi connectivity index (χ1) is 5.84. The maximum atomic E-state index is 12.0. The fraction of sp³-hybridized carbons (Fsp3) is 0.200. The molecule has 0 radical (unpaired) electrons. The van der Waals surface area contributed by atoms with Crippen LogP contribution in [0.3, 0.4) is 0 Å². The number of halogens is 4. The summed E-state index contributed by atoms with van der Waals surface area (Å²) in [6, 6.07) is 0. The summed E-state index contributed by atoms with van der Waals surface area (Å²) in [6.07, 6.45) is -4.85. The number of hydrogen-bond donors (Lipinski definition) is 1. The summed E-state index contributed by atoms with van der Waals surface area (Å²) in [5, 5.41) is 11.2. The lowest BCUT2D eigenvalue weighted by Crippen LogP contribution is -2.10. The molecular weight excluding hydrogens is 259 g/mol. The normalized spacial score (nSPS) is 11.7. The summed E-state index contributed by atoms with van der Waals surface area (Å²) < 4.78 is 39.4. The average molecular weight is 260 g/mol. The van der Waals surface area contributed by atoms with Crippen molar-refractivity contribution in [3.63, 3.8) is 0 Å². The third-order valence-corrected chi connectivity index (χ3v) is 1.66. The number of aromatic nitrogens is 1. The standard InChI is InChI=1S/C5HBrF3NO3/c6-3-1(4(11)12)2(13-10-3)5(7,8)9/h(H,11,12). The van der Waals surface area contributed by atoms with Gasteiger partial charge in [0, 0.05) is 0 Å². The fourth-order valence-corrected chi connectivity index (χ4v) is 1.07. The number of carbonyl (C=O) groups is 1. The summed E-state index contributed by atoms with van der Waals surface area (Å²) >= 11 is 2.52. The van der Waals surface area contributed by atoms with E-state index >= 15 is 0 Å². The van der Waals surface area contributed by atoms with E-state index in [-0.39, 0.29) is 0 Å². The van der Waals surface area contributed by atoms with Gasteiger partial charge in [-0.3, -0.25) is 0 Å². The van der Waals surface area contributed by atoms with E-state index in [1.807, 2.05) is 0 Å². The van der Waals surface area contributed by atoms with E-state index in [0.29, 0.717) is 0 Å². The van der Waals surface area contributed by atoms with Gasteiger partial charge in [0.1, 0.15) is 5.56 Å². The number of carboxylic acids is 1. The Hall–Kier alpha value is -1.05. The molecule has 0 aromatic carbocycles. The van der Waals surface area contributed by atoms with Gasteiger partial charge in [-0.1, -0.05) is 5.16 Å². The molecule has 0 atom stereocenters. The highest BCUT2D eigenvalue weighted by atomic mass is 79.9. The van der Waals surface area contributed by atoms with Crippen LogP contribution in [-0.4, -0.2) is 16.2 Å². The van der Waals surface area contributed by atoms with Crippen LogP contribution in [0.5, 0.6) is 0 Å². The number of carboxylic acid groups (broad SMARTS) is 1. The lowest BCUT2D eigenvalue weighted by Gasteiger charge is -2.00. The smallest absolute Gasteiger partial charge is 0.453 e. The molecule has 0 spiro atoms. The first kappa shape index (κ1) is 10.0. The van der Waals surface area contributed by atoms with Gasteiger partial charge >= 0.3 is 12.1 Å². The zero-order chi connectivity index (χ0) is 10.2. The van der Waals surface area contributed by atoms with Crippen molar-refractivity contribution in [3.05, 3.63) is 15.9 Å². The summed E-state index contributed by atoms with van der Waals surface area (Å²) in [5.41, 5.74) is -1.02. The minimum atomic E-state index is -4.85. The molecule has 0 aliphatic heterocycles. The number of hydrogen-bond acceptors (Lipinski definition) is 3. The topological polar surface area (TPSA) is 63.3 Å². The summed E-state index contributed by atoms with van der Waals surface area (Å²) in [4.78, 5) is 10.3. The van der Waals surface area contributed by atoms with Gasteiger partial charge in [-0.05, 0) is 15.9 Å². The molecule has 1 aromatic heterocycles. The molecular formula is C5HBrF3NO3. The van der Waals surface area contributed by atoms with Gasteiger partial charge in [0.15, 0.2) is 4.60 Å². The average Bonchev–Trinajstić information content (AvgIpc) is 2.28. The number of nitrogens with zero attached hydrogens (tertiary/aromatic N) is 1. The Morgan fingerprint density at radius 2 is 2.08 bits per heavy atom. The van der Waals surface area contributed by atoms with E-state index < -0.39 is 28.1 Å². The highest BCUT2D eigenvalue weighted by Gasteiger charge is 2.42. The third kappa shape index (κ3) is 1.82. The molecule has 0 amide bonds. The Bertz CT molecular complexity index is 345. The van der Waals surface area contributed by atoms with E-state index in [1.54, 1.807) is 0 Å². The Kier molecular flexibility index (Phi) is 2.33. The quantitative estimate of drug-likeness (QED) is 0.840. The largest absolute Gasteiger partial charge is 0.477 e. The summed E-state index contributed by atoms with van der Waals surface area (Å²) in [6.45, 7) is 0. The van der Waals surface area contributed by atoms with Gasteiger partial charge in [0.05, 0.1) is 0 Å². The van der Waals surface area contributed by atoms with Gasteiger partial charge in [0.2, 0.25) is 0 Å². The van der Waals surface area contributed by atoms with Crippen molar-refractivity contribution in [1.82, 2.24) is 5.16 Å². The van der Waals surface area contributed by atoms with Gasteiger partial charge in [0.25, 0.3) is 5.76 Å². The maximum Gasteiger partial charge on any atom is 0.453 e. The molecule has 1 N–H and O–H groups in total. The highest BCUT2D eigenvalue weighted by Crippen LogP contribution is 2.34. The van der Waals surface area contributed by atoms with Crippen molar-refractivity contribution >= 4 is 21.9 Å². The molecule has 0 bridgehead atoms. The first-order valence-corrected chi connectivity index (χ1v) is 3.59. The minimum Gasteiger partial charge on any atom is -0.477 e. The van der Waals surface area contributed by atoms with Gasteiger partial charge in [-0.15, -0.1) is 0 Å². The van der Waals surface area contributed by atoms with Crippen molar-refractivity contribution in [2.24, 2.45) is 0 Å². The van der Waals surface area contributed by atoms with E-state index in [2.05, 4.69) is 25.6 Å². The molecule has 13 heavy (non-hydrogen) atoms. The van der Waals surface area contributed by atoms with Crippen molar-refractivity contribution in [2.75, 3.05) is 0 Å². The van der Waals surface area contributed by atoms with Crippen LogP contribution in [0.1, 0.15) is 16.1 Å². The minimum absolute atomic E-state index is 0.479. The van der Waals surface area contributed by atoms with Crippen LogP contribution in [0.25, 0.3) is 0 Å². The molecule has 0 aliphatic rings. The first-order valence-electron chi connectivity index (χ1n) is 2.79. The lowest BCUT2D eigenvalue weighted by molar-refractivity contribution is -0.156. The van der Waals surface area contributed by atoms with E-state index in [1.165, 1.54) is 0 Å². The molecule has 0 fully saturated rings. The van der Waals surface area contributed by atoms with Crippen molar-refractivity contribution < 1.29 is 27.6 Å². The Morgan fingerprint density at radius 3 is 2.38 bits per heavy atom. The van der Waals surface area contributed by atoms with Crippen LogP contribution in [-0.2, 0) is 6.18 Å². The predicted octanol–water partition coefficient (Wildman–Crippen LogP) is 2.15. The summed E-state index contributed by atoms with van der Waals surface area (Å²) in [7, 11) is 0. The van der Waals surface area contributed by atoms with E-state index in [9.17, 15) is 18.0 Å². The third-order valence-electron chi connectivity index (χ3n) is 1.12. The Labute approximate surface area is 77.4 Å². The molecule has 0 unspecified atom stereocenters. The molecule has 8 heteroatoms. The predicted molar refractivity (Wildman–Crippen MR) is 36.2 cm³/mol. The Balaban J connectivity index is 3.31. The highest BCUT2D eigenvalue weighted by molar-refractivity contribution is 9.10. The zero-order valence-electron chi connectivity index (χ0n) is 5.72. The lowest BCUT2D eigenvalue weighted by atomic mass is 10.2. The monoisotopic (exact) mass is 259 g/mol. The van der Waals surface area contributed by atoms with E-state index in [0.717, 1.165) is 0 Å². The second-order valence-corrected chi connectivity index (χ2v) is 2.73. The number of aromatic carboxylic acids is 1. The van der Waals surface area contributed by atoms with Gasteiger partial charge < -0.3 is 9.63 Å². The second kappa shape index (κ2) is 3.02. The maximum absolute atomic E-state index is 12.0. The van der Waals surface area contributed by atoms with Crippen LogP contribution in [0, 0.1) is 0 Å². The van der Waals surface area contributed by atoms with Crippen LogP contribution < -0.4 is 0 Å². The summed E-state index contributed by atoms with van der Waals surface area (Å²) in [5.74, 6) is -3.37. The molecule has 0 aliphatic carbocycles. The van der Waals surface area contributed by atoms with E-state index in [4.69, 9.17) is 5.11 Å². The number of rotatable bonds is 1. The molecule has 1 aromatic rings. The molecule has 4 nitrogen and oxygen atoms in total. The Morgan fingerprint density at radius 1 is 1.54 bits per heavy atom. The molecule has 0 saturated heterocycles. The van der Waals surface area contributed by atoms with Crippen LogP contribution >= 0.6 is 15.9 Å². The molecule has 0 saturated carbocycles. The van der Waals surface area contributed by atoms with Crippen LogP contribution in [0.2, 0.25) is 0 Å². The second-order valence-electron chi connectivity index (χ2n) is 1.98. The molecule has 72 valence electrons. The number of alkyl halides is 3. The fourth-order valence-electron chi connectivity index (χ4n) is 0.650. The van der Waals surface area contributed by atoms with Crippen molar-refractivity contribution in [1.29, 1.82) is 0 Å². The zero-order valence-corrected chi connectivity index (χ0v) is 7.31. The van der Waals surface area contributed by atoms with Gasteiger partial charge in [-0.25, -0.2) is 4.79 Å². The van der Waals surface area contributed by atoms with Crippen molar-refractivity contribution in [2.45, 2.75) is 6.18 Å². The molecule has 1 heterocycles. The van der Waals surface area contributed by atoms with Crippen LogP contribution in [0.4, 0.5) is 13.2 Å². The van der Waals surface area contributed by atoms with Crippen LogP contribution in [0.15, 0.2) is 9.13 Å². The van der Waals surface area contributed by atoms with Gasteiger partial charge in [-0.2, -0.15) is 13.2 Å². The molecule has 1 rings (SSSR count).